The van der Waals surface area contributed by atoms with Gasteiger partial charge in [0.25, 0.3) is 0 Å². The second-order valence-corrected chi connectivity index (χ2v) is 4.45. The number of hydrogen-bond acceptors (Lipinski definition) is 6. The quantitative estimate of drug-likeness (QED) is 0.425. The summed E-state index contributed by atoms with van der Waals surface area (Å²) in [7, 11) is 0. The maximum atomic E-state index is 11.6. The van der Waals surface area contributed by atoms with Crippen molar-refractivity contribution < 1.29 is 19.2 Å². The Morgan fingerprint density at radius 2 is 2.21 bits per heavy atom. The molecule has 0 fully saturated rings. The fourth-order valence-electron chi connectivity index (χ4n) is 1.33. The van der Waals surface area contributed by atoms with Gasteiger partial charge in [-0.15, -0.1) is 0 Å². The van der Waals surface area contributed by atoms with Crippen molar-refractivity contribution in [3.05, 3.63) is 20.8 Å². The first-order chi connectivity index (χ1) is 8.93. The molecule has 0 radical (unpaired) electrons. The zero-order chi connectivity index (χ0) is 14.4. The van der Waals surface area contributed by atoms with Crippen LogP contribution in [0.5, 0.6) is 0 Å². The number of ketones is 1. The monoisotopic (exact) mass is 333 g/mol. The van der Waals surface area contributed by atoms with Gasteiger partial charge in [0.2, 0.25) is 0 Å². The molecule has 0 spiro atoms. The summed E-state index contributed by atoms with van der Waals surface area (Å²) in [5, 5.41) is 14.2. The van der Waals surface area contributed by atoms with E-state index in [2.05, 4.69) is 25.8 Å². The molecule has 0 N–H and O–H groups in total. The largest absolute Gasteiger partial charge is 0.466 e. The Labute approximate surface area is 117 Å². The third-order valence-electron chi connectivity index (χ3n) is 2.12. The minimum absolute atomic E-state index is 0.00277. The fourth-order valence-corrected chi connectivity index (χ4v) is 1.79. The SMILES string of the molecule is CCOC(=O)CCC(=O)Cn1cc(Br)c([N+](=O)[O-])n1. The van der Waals surface area contributed by atoms with Crippen LogP contribution in [0.25, 0.3) is 0 Å². The first-order valence-corrected chi connectivity index (χ1v) is 6.28. The summed E-state index contributed by atoms with van der Waals surface area (Å²) in [5.74, 6) is -1.04. The molecule has 1 aromatic rings. The lowest BCUT2D eigenvalue weighted by Gasteiger charge is -2.00. The molecule has 0 bridgehead atoms. The van der Waals surface area contributed by atoms with E-state index < -0.39 is 10.9 Å². The highest BCUT2D eigenvalue weighted by atomic mass is 79.9. The Balaban J connectivity index is 2.51. The van der Waals surface area contributed by atoms with Gasteiger partial charge in [0, 0.05) is 6.42 Å². The first-order valence-electron chi connectivity index (χ1n) is 5.48. The Bertz CT molecular complexity index is 499. The van der Waals surface area contributed by atoms with Crippen molar-refractivity contribution in [1.82, 2.24) is 9.78 Å². The summed E-state index contributed by atoms with van der Waals surface area (Å²) in [5.41, 5.74) is 0. The van der Waals surface area contributed by atoms with Crippen molar-refractivity contribution >= 4 is 33.5 Å². The van der Waals surface area contributed by atoms with Gasteiger partial charge in [-0.25, -0.2) is 0 Å². The van der Waals surface area contributed by atoms with Crippen LogP contribution in [0.2, 0.25) is 0 Å². The van der Waals surface area contributed by atoms with Gasteiger partial charge in [-0.2, -0.15) is 4.68 Å². The number of ether oxygens (including phenoxy) is 1. The molecule has 19 heavy (non-hydrogen) atoms. The zero-order valence-electron chi connectivity index (χ0n) is 10.2. The lowest BCUT2D eigenvalue weighted by Crippen LogP contribution is -2.13. The molecule has 1 heterocycles. The van der Waals surface area contributed by atoms with Crippen LogP contribution in [-0.4, -0.2) is 33.1 Å². The van der Waals surface area contributed by atoms with Gasteiger partial charge in [0.1, 0.15) is 11.0 Å². The molecule has 1 aromatic heterocycles. The smallest absolute Gasteiger partial charge is 0.404 e. The second-order valence-electron chi connectivity index (χ2n) is 3.60. The normalized spacial score (nSPS) is 10.2. The summed E-state index contributed by atoms with van der Waals surface area (Å²) in [6.45, 7) is 1.83. The molecule has 1 rings (SSSR count). The number of carbonyl (C=O) groups excluding carboxylic acids is 2. The highest BCUT2D eigenvalue weighted by Gasteiger charge is 2.20. The van der Waals surface area contributed by atoms with Crippen molar-refractivity contribution in [2.45, 2.75) is 26.3 Å². The molecule has 0 aromatic carbocycles. The number of esters is 1. The van der Waals surface area contributed by atoms with E-state index in [4.69, 9.17) is 0 Å². The maximum Gasteiger partial charge on any atom is 0.404 e. The van der Waals surface area contributed by atoms with E-state index in [1.165, 1.54) is 6.20 Å². The van der Waals surface area contributed by atoms with Crippen molar-refractivity contribution in [2.75, 3.05) is 6.61 Å². The van der Waals surface area contributed by atoms with Crippen LogP contribution in [0.15, 0.2) is 10.7 Å². The molecule has 0 saturated carbocycles. The molecule has 0 aliphatic rings. The molecule has 0 unspecified atom stereocenters. The van der Waals surface area contributed by atoms with Crippen LogP contribution >= 0.6 is 15.9 Å². The average Bonchev–Trinajstić information content (AvgIpc) is 2.68. The predicted molar refractivity (Wildman–Crippen MR) is 67.5 cm³/mol. The number of nitrogens with zero attached hydrogens (tertiary/aromatic N) is 3. The third-order valence-corrected chi connectivity index (χ3v) is 2.68. The predicted octanol–water partition coefficient (Wildman–Crippen LogP) is 1.47. The zero-order valence-corrected chi connectivity index (χ0v) is 11.8. The number of hydrogen-bond donors (Lipinski definition) is 0. The molecule has 0 saturated heterocycles. The van der Waals surface area contributed by atoms with Crippen molar-refractivity contribution in [3.63, 3.8) is 0 Å². The van der Waals surface area contributed by atoms with Gasteiger partial charge >= 0.3 is 11.8 Å². The number of halogens is 1. The van der Waals surface area contributed by atoms with Crippen molar-refractivity contribution in [1.29, 1.82) is 0 Å². The van der Waals surface area contributed by atoms with E-state index in [-0.39, 0.29) is 42.1 Å². The van der Waals surface area contributed by atoms with Gasteiger partial charge in [0.15, 0.2) is 5.78 Å². The molecule has 8 nitrogen and oxygen atoms in total. The Morgan fingerprint density at radius 1 is 1.53 bits per heavy atom. The molecule has 0 aliphatic heterocycles. The van der Waals surface area contributed by atoms with Crippen LogP contribution in [0.3, 0.4) is 0 Å². The van der Waals surface area contributed by atoms with E-state index in [1.807, 2.05) is 0 Å². The molecule has 104 valence electrons. The number of nitro groups is 1. The van der Waals surface area contributed by atoms with E-state index >= 15 is 0 Å². The van der Waals surface area contributed by atoms with Crippen LogP contribution in [-0.2, 0) is 20.9 Å². The van der Waals surface area contributed by atoms with Crippen LogP contribution in [0, 0.1) is 10.1 Å². The molecule has 0 atom stereocenters. The lowest BCUT2D eigenvalue weighted by molar-refractivity contribution is -0.390. The fraction of sp³-hybridized carbons (Fsp3) is 0.500. The summed E-state index contributed by atoms with van der Waals surface area (Å²) in [6.07, 6.45) is 1.36. The summed E-state index contributed by atoms with van der Waals surface area (Å²) < 4.78 is 6.05. The third kappa shape index (κ3) is 4.78. The van der Waals surface area contributed by atoms with Gasteiger partial charge in [0.05, 0.1) is 24.3 Å². The van der Waals surface area contributed by atoms with E-state index in [1.54, 1.807) is 6.92 Å². The van der Waals surface area contributed by atoms with Crippen molar-refractivity contribution in [2.24, 2.45) is 0 Å². The molecular weight excluding hydrogens is 322 g/mol. The van der Waals surface area contributed by atoms with Crippen molar-refractivity contribution in [3.8, 4) is 0 Å². The first kappa shape index (κ1) is 15.3. The molecule has 0 aliphatic carbocycles. The maximum absolute atomic E-state index is 11.6. The molecular formula is C10H12BrN3O5. The summed E-state index contributed by atoms with van der Waals surface area (Å²) in [6, 6.07) is 0. The standard InChI is InChI=1S/C10H12BrN3O5/c1-2-19-9(16)4-3-7(15)5-13-6-8(11)10(12-13)14(17)18/h6H,2-5H2,1H3. The number of aromatic nitrogens is 2. The average molecular weight is 334 g/mol. The lowest BCUT2D eigenvalue weighted by atomic mass is 10.2. The van der Waals surface area contributed by atoms with Gasteiger partial charge in [-0.05, 0) is 27.8 Å². The summed E-state index contributed by atoms with van der Waals surface area (Å²) in [4.78, 5) is 32.5. The summed E-state index contributed by atoms with van der Waals surface area (Å²) >= 11 is 2.98. The number of Topliss-reactive ketones (excluding diaryl/α,β-unsaturated/α-hetero) is 1. The highest BCUT2D eigenvalue weighted by Crippen LogP contribution is 2.21. The van der Waals surface area contributed by atoms with Gasteiger partial charge in [-0.1, -0.05) is 0 Å². The van der Waals surface area contributed by atoms with Crippen LogP contribution in [0.1, 0.15) is 19.8 Å². The molecule has 0 amide bonds. The Morgan fingerprint density at radius 3 is 2.74 bits per heavy atom. The molecule has 9 heteroatoms. The van der Waals surface area contributed by atoms with Crippen LogP contribution < -0.4 is 0 Å². The van der Waals surface area contributed by atoms with Crippen LogP contribution in [0.4, 0.5) is 5.82 Å². The second kappa shape index (κ2) is 6.98. The topological polar surface area (TPSA) is 104 Å². The highest BCUT2D eigenvalue weighted by molar-refractivity contribution is 9.10. The van der Waals surface area contributed by atoms with E-state index in [0.29, 0.717) is 0 Å². The minimum atomic E-state index is -0.649. The minimum Gasteiger partial charge on any atom is -0.466 e. The van der Waals surface area contributed by atoms with Gasteiger partial charge < -0.3 is 14.9 Å². The number of carbonyl (C=O) groups is 2. The Kier molecular flexibility index (Phi) is 5.61. The van der Waals surface area contributed by atoms with Gasteiger partial charge in [-0.3, -0.25) is 9.59 Å². The van der Waals surface area contributed by atoms with E-state index in [0.717, 1.165) is 4.68 Å². The number of rotatable bonds is 7. The Hall–Kier alpha value is -1.77. The van der Waals surface area contributed by atoms with E-state index in [9.17, 15) is 19.7 Å².